The second-order valence-electron chi connectivity index (χ2n) is 8.41. The lowest BCUT2D eigenvalue weighted by molar-refractivity contribution is -0.274. The van der Waals surface area contributed by atoms with E-state index in [1.165, 1.54) is 17.8 Å². The van der Waals surface area contributed by atoms with Crippen molar-refractivity contribution in [3.63, 3.8) is 0 Å². The van der Waals surface area contributed by atoms with Gasteiger partial charge in [-0.25, -0.2) is 9.48 Å². The van der Waals surface area contributed by atoms with E-state index in [0.717, 1.165) is 24.5 Å². The van der Waals surface area contributed by atoms with Crippen LogP contribution in [0.2, 0.25) is 5.02 Å². The molecule has 3 aromatic rings. The molecule has 1 aromatic heterocycles. The van der Waals surface area contributed by atoms with E-state index >= 15 is 0 Å². The van der Waals surface area contributed by atoms with Gasteiger partial charge in [-0.2, -0.15) is 0 Å². The summed E-state index contributed by atoms with van der Waals surface area (Å²) in [5.74, 6) is -0.742. The van der Waals surface area contributed by atoms with Crippen molar-refractivity contribution in [3.05, 3.63) is 64.3 Å². The van der Waals surface area contributed by atoms with Crippen molar-refractivity contribution in [2.75, 3.05) is 7.11 Å². The maximum Gasteiger partial charge on any atom is 0.573 e. The molecule has 0 saturated heterocycles. The van der Waals surface area contributed by atoms with Crippen molar-refractivity contribution in [2.24, 2.45) is 0 Å². The Morgan fingerprint density at radius 3 is 2.44 bits per heavy atom. The molecule has 1 fully saturated rings. The van der Waals surface area contributed by atoms with Gasteiger partial charge in [-0.1, -0.05) is 28.9 Å². The average molecular weight is 542 g/mol. The molecule has 1 heterocycles. The number of benzene rings is 2. The minimum absolute atomic E-state index is 0.0254. The number of rotatable bonds is 8. The van der Waals surface area contributed by atoms with Crippen LogP contribution in [0.15, 0.2) is 47.5 Å². The molecule has 1 aliphatic rings. The molecular weight excluding hydrogens is 519 g/mol. The third-order valence-electron chi connectivity index (χ3n) is 5.93. The molecule has 1 N–H and O–H groups in total. The molecule has 1 saturated carbocycles. The molecular formula is C24H23ClF3N3O4S. The SMILES string of the molecule is COc1ccc(Cn2nnc(C(=O)O)c2SC2CCC(c3cc(Cl)cc(OC(F)(F)F)c3)CC2)cc1. The summed E-state index contributed by atoms with van der Waals surface area (Å²) in [6.45, 7) is 0.354. The van der Waals surface area contributed by atoms with Crippen molar-refractivity contribution < 1.29 is 32.5 Å². The van der Waals surface area contributed by atoms with Crippen LogP contribution in [0.4, 0.5) is 13.2 Å². The van der Waals surface area contributed by atoms with Gasteiger partial charge in [0.1, 0.15) is 16.5 Å². The van der Waals surface area contributed by atoms with Crippen LogP contribution in [0.1, 0.15) is 53.2 Å². The molecule has 7 nitrogen and oxygen atoms in total. The lowest BCUT2D eigenvalue weighted by Crippen LogP contribution is -2.18. The lowest BCUT2D eigenvalue weighted by atomic mass is 9.84. The highest BCUT2D eigenvalue weighted by atomic mass is 35.5. The Morgan fingerprint density at radius 2 is 1.83 bits per heavy atom. The van der Waals surface area contributed by atoms with Gasteiger partial charge >= 0.3 is 12.3 Å². The van der Waals surface area contributed by atoms with Gasteiger partial charge in [-0.15, -0.1) is 30.0 Å². The number of carboxylic acids is 1. The van der Waals surface area contributed by atoms with Gasteiger partial charge in [0, 0.05) is 10.3 Å². The molecule has 2 aromatic carbocycles. The van der Waals surface area contributed by atoms with Gasteiger partial charge in [0.05, 0.1) is 13.7 Å². The highest BCUT2D eigenvalue weighted by Crippen LogP contribution is 2.42. The lowest BCUT2D eigenvalue weighted by Gasteiger charge is -2.29. The Bertz CT molecular complexity index is 1210. The van der Waals surface area contributed by atoms with E-state index in [1.807, 2.05) is 24.3 Å². The molecule has 0 bridgehead atoms. The second kappa shape index (κ2) is 11.0. The van der Waals surface area contributed by atoms with Crippen molar-refractivity contribution in [1.82, 2.24) is 15.0 Å². The first-order valence-electron chi connectivity index (χ1n) is 11.1. The molecule has 192 valence electrons. The van der Waals surface area contributed by atoms with Crippen LogP contribution >= 0.6 is 23.4 Å². The first-order chi connectivity index (χ1) is 17.1. The number of halogens is 4. The molecule has 0 atom stereocenters. The maximum absolute atomic E-state index is 12.6. The Hall–Kier alpha value is -2.92. The minimum Gasteiger partial charge on any atom is -0.497 e. The molecule has 0 unspecified atom stereocenters. The zero-order valence-electron chi connectivity index (χ0n) is 19.2. The van der Waals surface area contributed by atoms with Gasteiger partial charge in [-0.3, -0.25) is 0 Å². The Morgan fingerprint density at radius 1 is 1.14 bits per heavy atom. The van der Waals surface area contributed by atoms with E-state index in [-0.39, 0.29) is 27.6 Å². The van der Waals surface area contributed by atoms with Crippen molar-refractivity contribution in [3.8, 4) is 11.5 Å². The summed E-state index contributed by atoms with van der Waals surface area (Å²) in [7, 11) is 1.58. The number of aromatic carboxylic acids is 1. The summed E-state index contributed by atoms with van der Waals surface area (Å²) in [6.07, 6.45) is -1.88. The molecule has 12 heteroatoms. The first kappa shape index (κ1) is 26.2. The van der Waals surface area contributed by atoms with E-state index in [4.69, 9.17) is 16.3 Å². The normalized spacial score (nSPS) is 18.1. The largest absolute Gasteiger partial charge is 0.573 e. The number of thioether (sulfide) groups is 1. The molecule has 36 heavy (non-hydrogen) atoms. The molecule has 4 rings (SSSR count). The van der Waals surface area contributed by atoms with Crippen LogP contribution in [0.25, 0.3) is 0 Å². The van der Waals surface area contributed by atoms with E-state index in [0.29, 0.717) is 35.7 Å². The number of nitrogens with zero attached hydrogens (tertiary/aromatic N) is 3. The number of alkyl halides is 3. The number of aromatic nitrogens is 3. The zero-order valence-corrected chi connectivity index (χ0v) is 20.7. The van der Waals surface area contributed by atoms with E-state index < -0.39 is 12.3 Å². The zero-order chi connectivity index (χ0) is 25.9. The highest BCUT2D eigenvalue weighted by Gasteiger charge is 2.32. The summed E-state index contributed by atoms with van der Waals surface area (Å²) >= 11 is 7.46. The Labute approximate surface area is 214 Å². The van der Waals surface area contributed by atoms with E-state index in [9.17, 15) is 23.1 Å². The standard InChI is InChI=1S/C24H23ClF3N3O4S/c1-34-18-6-2-14(3-7-18)13-31-22(21(23(32)33)29-30-31)36-20-8-4-15(5-9-20)16-10-17(25)12-19(11-16)35-24(26,27)28/h2-3,6-7,10-12,15,20H,4-5,8-9,13H2,1H3,(H,32,33). The highest BCUT2D eigenvalue weighted by molar-refractivity contribution is 7.99. The minimum atomic E-state index is -4.79. The third kappa shape index (κ3) is 6.64. The van der Waals surface area contributed by atoms with Crippen LogP contribution in [0.5, 0.6) is 11.5 Å². The number of carbonyl (C=O) groups is 1. The number of hydrogen-bond donors (Lipinski definition) is 1. The van der Waals surface area contributed by atoms with Crippen LogP contribution in [-0.4, -0.2) is 44.8 Å². The number of ether oxygens (including phenoxy) is 2. The van der Waals surface area contributed by atoms with Crippen LogP contribution in [0, 0.1) is 0 Å². The predicted molar refractivity (Wildman–Crippen MR) is 128 cm³/mol. The molecule has 0 radical (unpaired) electrons. The van der Waals surface area contributed by atoms with Gasteiger partial charge < -0.3 is 14.6 Å². The first-order valence-corrected chi connectivity index (χ1v) is 12.4. The molecule has 0 aliphatic heterocycles. The molecule has 1 aliphatic carbocycles. The van der Waals surface area contributed by atoms with Crippen LogP contribution < -0.4 is 9.47 Å². The number of hydrogen-bond acceptors (Lipinski definition) is 6. The Balaban J connectivity index is 1.44. The van der Waals surface area contributed by atoms with Crippen LogP contribution in [0.3, 0.4) is 0 Å². The summed E-state index contributed by atoms with van der Waals surface area (Å²) in [5.41, 5.74) is 1.52. The maximum atomic E-state index is 12.6. The van der Waals surface area contributed by atoms with Gasteiger partial charge in [0.25, 0.3) is 0 Å². The van der Waals surface area contributed by atoms with Gasteiger partial charge in [-0.05, 0) is 73.1 Å². The Kier molecular flexibility index (Phi) is 7.99. The van der Waals surface area contributed by atoms with Crippen molar-refractivity contribution in [2.45, 2.75) is 54.8 Å². The van der Waals surface area contributed by atoms with Gasteiger partial charge in [0.2, 0.25) is 5.69 Å². The monoisotopic (exact) mass is 541 g/mol. The molecule has 0 amide bonds. The fourth-order valence-electron chi connectivity index (χ4n) is 4.25. The van der Waals surface area contributed by atoms with E-state index in [1.54, 1.807) is 17.9 Å². The topological polar surface area (TPSA) is 86.5 Å². The summed E-state index contributed by atoms with van der Waals surface area (Å²) < 4.78 is 48.7. The van der Waals surface area contributed by atoms with Crippen molar-refractivity contribution >= 4 is 29.3 Å². The molecule has 0 spiro atoms. The average Bonchev–Trinajstić information content (AvgIpc) is 3.21. The predicted octanol–water partition coefficient (Wildman–Crippen LogP) is 6.40. The second-order valence-corrected chi connectivity index (χ2v) is 10.1. The summed E-state index contributed by atoms with van der Waals surface area (Å²) in [5, 5.41) is 18.3. The fourth-order valence-corrected chi connectivity index (χ4v) is 5.77. The summed E-state index contributed by atoms with van der Waals surface area (Å²) in [6, 6.07) is 11.6. The number of carboxylic acid groups (broad SMARTS) is 1. The third-order valence-corrected chi connectivity index (χ3v) is 7.59. The van der Waals surface area contributed by atoms with Gasteiger partial charge in [0.15, 0.2) is 0 Å². The van der Waals surface area contributed by atoms with Crippen LogP contribution in [-0.2, 0) is 6.54 Å². The smallest absolute Gasteiger partial charge is 0.497 e. The van der Waals surface area contributed by atoms with E-state index in [2.05, 4.69) is 15.0 Å². The number of methoxy groups -OCH3 is 1. The summed E-state index contributed by atoms with van der Waals surface area (Å²) in [4.78, 5) is 11.8. The van der Waals surface area contributed by atoms with Crippen molar-refractivity contribution in [1.29, 1.82) is 0 Å². The quantitative estimate of drug-likeness (QED) is 0.353. The fraction of sp³-hybridized carbons (Fsp3) is 0.375.